The van der Waals surface area contributed by atoms with Crippen LogP contribution in [0.2, 0.25) is 0 Å². The summed E-state index contributed by atoms with van der Waals surface area (Å²) in [6.45, 7) is 10.5. The van der Waals surface area contributed by atoms with E-state index in [1.165, 1.54) is 29.5 Å². The average molecular weight is 451 g/mol. The molecule has 2 aliphatic heterocycles. The Morgan fingerprint density at radius 2 is 1.47 bits per heavy atom. The number of fused-ring (bicyclic) bond motifs is 2. The highest BCUT2D eigenvalue weighted by molar-refractivity contribution is 5.95. The highest BCUT2D eigenvalue weighted by atomic mass is 35.5. The van der Waals surface area contributed by atoms with Crippen LogP contribution in [-0.4, -0.2) is 47.4 Å². The summed E-state index contributed by atoms with van der Waals surface area (Å²) in [6, 6.07) is 20.3. The van der Waals surface area contributed by atoms with Gasteiger partial charge in [-0.25, -0.2) is 0 Å². The predicted molar refractivity (Wildman–Crippen MR) is 136 cm³/mol. The number of halogens is 1. The molecule has 0 unspecified atom stereocenters. The van der Waals surface area contributed by atoms with Gasteiger partial charge >= 0.3 is 0 Å². The molecule has 2 fully saturated rings. The standard InChI is InChI=1S/C28H34N2O.ClH/c1-4-18-30-25-16-17-26(30)20-24(19-25)27(21-10-8-7-9-11-21)22-12-14-23(15-13-22)28(31)29(5-2)6-3;/h4,7-15,25-26H,1,5-6,16-20H2,2-3H3;1H/t25-,26+;. The van der Waals surface area contributed by atoms with E-state index in [2.05, 4.69) is 53.9 Å². The average Bonchev–Trinajstić information content (AvgIpc) is 3.03. The van der Waals surface area contributed by atoms with Gasteiger partial charge in [0.25, 0.3) is 5.91 Å². The molecule has 2 atom stereocenters. The fourth-order valence-electron chi connectivity index (χ4n) is 5.41. The van der Waals surface area contributed by atoms with E-state index in [0.29, 0.717) is 12.1 Å². The molecule has 2 saturated heterocycles. The molecular formula is C28H35ClN2O. The van der Waals surface area contributed by atoms with Crippen LogP contribution >= 0.6 is 12.4 Å². The summed E-state index contributed by atoms with van der Waals surface area (Å²) in [4.78, 5) is 17.3. The lowest BCUT2D eigenvalue weighted by Crippen LogP contribution is -2.40. The van der Waals surface area contributed by atoms with E-state index in [1.807, 2.05) is 37.0 Å². The second-order valence-electron chi connectivity index (χ2n) is 8.68. The Hall–Kier alpha value is -2.36. The molecule has 2 aliphatic rings. The molecule has 0 saturated carbocycles. The van der Waals surface area contributed by atoms with Crippen LogP contribution < -0.4 is 0 Å². The number of nitrogens with zero attached hydrogens (tertiary/aromatic N) is 2. The monoisotopic (exact) mass is 450 g/mol. The Balaban J connectivity index is 0.00000289. The first-order valence-electron chi connectivity index (χ1n) is 11.7. The first kappa shape index (κ1) is 24.3. The van der Waals surface area contributed by atoms with E-state index in [-0.39, 0.29) is 18.3 Å². The van der Waals surface area contributed by atoms with Crippen molar-refractivity contribution in [3.8, 4) is 0 Å². The van der Waals surface area contributed by atoms with Crippen LogP contribution in [0, 0.1) is 0 Å². The maximum atomic E-state index is 12.8. The van der Waals surface area contributed by atoms with Crippen molar-refractivity contribution in [2.24, 2.45) is 0 Å². The fraction of sp³-hybridized carbons (Fsp3) is 0.393. The lowest BCUT2D eigenvalue weighted by Gasteiger charge is -2.36. The van der Waals surface area contributed by atoms with E-state index in [9.17, 15) is 4.79 Å². The normalized spacial score (nSPS) is 21.6. The first-order valence-corrected chi connectivity index (χ1v) is 11.7. The highest BCUT2D eigenvalue weighted by Gasteiger charge is 2.38. The molecule has 3 nitrogen and oxygen atoms in total. The molecule has 0 aromatic heterocycles. The summed E-state index contributed by atoms with van der Waals surface area (Å²) in [6.07, 6.45) is 6.84. The van der Waals surface area contributed by atoms with E-state index in [4.69, 9.17) is 0 Å². The van der Waals surface area contributed by atoms with Crippen molar-refractivity contribution in [1.29, 1.82) is 0 Å². The number of hydrogen-bond donors (Lipinski definition) is 0. The van der Waals surface area contributed by atoms with E-state index in [1.54, 1.807) is 5.57 Å². The van der Waals surface area contributed by atoms with Crippen molar-refractivity contribution in [1.82, 2.24) is 9.80 Å². The topological polar surface area (TPSA) is 23.6 Å². The smallest absolute Gasteiger partial charge is 0.253 e. The van der Waals surface area contributed by atoms with Gasteiger partial charge in [-0.3, -0.25) is 9.69 Å². The third-order valence-electron chi connectivity index (χ3n) is 6.96. The number of rotatable bonds is 7. The van der Waals surface area contributed by atoms with Crippen LogP contribution in [0.1, 0.15) is 61.0 Å². The summed E-state index contributed by atoms with van der Waals surface area (Å²) in [7, 11) is 0. The molecule has 0 radical (unpaired) electrons. The van der Waals surface area contributed by atoms with Crippen LogP contribution in [0.3, 0.4) is 0 Å². The van der Waals surface area contributed by atoms with Crippen molar-refractivity contribution in [2.75, 3.05) is 19.6 Å². The zero-order valence-electron chi connectivity index (χ0n) is 19.3. The zero-order valence-corrected chi connectivity index (χ0v) is 20.1. The van der Waals surface area contributed by atoms with Gasteiger partial charge in [0.2, 0.25) is 0 Å². The van der Waals surface area contributed by atoms with Gasteiger partial charge in [-0.15, -0.1) is 19.0 Å². The van der Waals surface area contributed by atoms with Crippen LogP contribution in [-0.2, 0) is 0 Å². The molecule has 32 heavy (non-hydrogen) atoms. The van der Waals surface area contributed by atoms with Gasteiger partial charge in [0.15, 0.2) is 0 Å². The summed E-state index contributed by atoms with van der Waals surface area (Å²) >= 11 is 0. The van der Waals surface area contributed by atoms with Crippen LogP contribution in [0.5, 0.6) is 0 Å². The molecule has 2 aromatic rings. The number of carbonyl (C=O) groups excluding carboxylic acids is 1. The maximum Gasteiger partial charge on any atom is 0.253 e. The number of piperidine rings is 1. The quantitative estimate of drug-likeness (QED) is 0.468. The van der Waals surface area contributed by atoms with E-state index >= 15 is 0 Å². The minimum Gasteiger partial charge on any atom is -0.339 e. The molecule has 0 spiro atoms. The largest absolute Gasteiger partial charge is 0.339 e. The Labute approximate surface area is 199 Å². The minimum atomic E-state index is 0. The van der Waals surface area contributed by atoms with Gasteiger partial charge < -0.3 is 4.90 Å². The second kappa shape index (κ2) is 11.0. The minimum absolute atomic E-state index is 0. The van der Waals surface area contributed by atoms with Gasteiger partial charge in [0.1, 0.15) is 0 Å². The Bertz CT molecular complexity index is 931. The van der Waals surface area contributed by atoms with Crippen molar-refractivity contribution >= 4 is 23.9 Å². The molecule has 4 heteroatoms. The fourth-order valence-corrected chi connectivity index (χ4v) is 5.41. The molecule has 2 heterocycles. The Kier molecular flexibility index (Phi) is 8.33. The number of hydrogen-bond acceptors (Lipinski definition) is 2. The second-order valence-corrected chi connectivity index (χ2v) is 8.68. The summed E-state index contributed by atoms with van der Waals surface area (Å²) in [5.41, 5.74) is 6.18. The van der Waals surface area contributed by atoms with Crippen molar-refractivity contribution in [2.45, 2.75) is 51.6 Å². The van der Waals surface area contributed by atoms with Crippen LogP contribution in [0.25, 0.3) is 5.57 Å². The van der Waals surface area contributed by atoms with Gasteiger partial charge in [-0.05, 0) is 68.4 Å². The van der Waals surface area contributed by atoms with Gasteiger partial charge in [-0.1, -0.05) is 54.1 Å². The van der Waals surface area contributed by atoms with Gasteiger partial charge in [0, 0.05) is 37.3 Å². The third-order valence-corrected chi connectivity index (χ3v) is 6.96. The molecule has 2 bridgehead atoms. The Morgan fingerprint density at radius 1 is 0.938 bits per heavy atom. The number of amides is 1. The van der Waals surface area contributed by atoms with Gasteiger partial charge in [0.05, 0.1) is 0 Å². The van der Waals surface area contributed by atoms with E-state index in [0.717, 1.165) is 38.0 Å². The summed E-state index contributed by atoms with van der Waals surface area (Å²) in [5, 5.41) is 0. The lowest BCUT2D eigenvalue weighted by atomic mass is 9.85. The molecule has 4 rings (SSSR count). The zero-order chi connectivity index (χ0) is 21.8. The predicted octanol–water partition coefficient (Wildman–Crippen LogP) is 6.21. The van der Waals surface area contributed by atoms with Crippen molar-refractivity contribution in [3.63, 3.8) is 0 Å². The molecule has 0 N–H and O–H groups in total. The van der Waals surface area contributed by atoms with Crippen LogP contribution in [0.15, 0.2) is 72.8 Å². The molecule has 2 aromatic carbocycles. The SMILES string of the molecule is C=CCN1[C@@H]2CC[C@H]1CC(=C(c1ccccc1)c1ccc(C(=O)N(CC)CC)cc1)C2.Cl. The Morgan fingerprint density at radius 3 is 2.00 bits per heavy atom. The lowest BCUT2D eigenvalue weighted by molar-refractivity contribution is 0.0773. The molecule has 1 amide bonds. The van der Waals surface area contributed by atoms with Gasteiger partial charge in [-0.2, -0.15) is 0 Å². The van der Waals surface area contributed by atoms with Crippen molar-refractivity contribution in [3.05, 3.63) is 89.5 Å². The van der Waals surface area contributed by atoms with Crippen molar-refractivity contribution < 1.29 is 4.79 Å². The molecular weight excluding hydrogens is 416 g/mol. The number of benzene rings is 2. The molecule has 170 valence electrons. The summed E-state index contributed by atoms with van der Waals surface area (Å²) < 4.78 is 0. The van der Waals surface area contributed by atoms with E-state index < -0.39 is 0 Å². The highest BCUT2D eigenvalue weighted by Crippen LogP contribution is 2.42. The number of carbonyl (C=O) groups is 1. The maximum absolute atomic E-state index is 12.8. The summed E-state index contributed by atoms with van der Waals surface area (Å²) in [5.74, 6) is 0.112. The molecule has 0 aliphatic carbocycles. The first-order chi connectivity index (χ1) is 15.2. The third kappa shape index (κ3) is 4.84. The van der Waals surface area contributed by atoms with Crippen LogP contribution in [0.4, 0.5) is 0 Å².